The van der Waals surface area contributed by atoms with E-state index in [4.69, 9.17) is 5.73 Å². The molecule has 0 saturated carbocycles. The molecule has 0 radical (unpaired) electrons. The molecule has 82 valence electrons. The molecule has 1 aromatic rings. The largest absolute Gasteiger partial charge is 0.468 e. The van der Waals surface area contributed by atoms with E-state index in [0.717, 1.165) is 5.56 Å². The lowest BCUT2D eigenvalue weighted by atomic mass is 10.0. The van der Waals surface area contributed by atoms with Crippen LogP contribution in [0.5, 0.6) is 0 Å². The predicted octanol–water partition coefficient (Wildman–Crippen LogP) is 1.03. The summed E-state index contributed by atoms with van der Waals surface area (Å²) in [4.78, 5) is 11.2. The van der Waals surface area contributed by atoms with Crippen LogP contribution in [0.2, 0.25) is 0 Å². The molecule has 15 heavy (non-hydrogen) atoms. The van der Waals surface area contributed by atoms with Crippen LogP contribution in [0.1, 0.15) is 5.56 Å². The second kappa shape index (κ2) is 5.78. The molecule has 1 rings (SSSR count). The van der Waals surface area contributed by atoms with Crippen LogP contribution in [0.3, 0.4) is 0 Å². The lowest BCUT2D eigenvalue weighted by Gasteiger charge is -2.16. The van der Waals surface area contributed by atoms with E-state index in [1.807, 2.05) is 30.3 Å². The minimum absolute atomic E-state index is 0.330. The maximum Gasteiger partial charge on any atom is 0.320 e. The molecule has 0 heterocycles. The number of carbonyl (C=O) groups is 1. The van der Waals surface area contributed by atoms with Gasteiger partial charge in [-0.05, 0) is 12.0 Å². The number of esters is 1. The maximum atomic E-state index is 11.2. The smallest absolute Gasteiger partial charge is 0.320 e. The van der Waals surface area contributed by atoms with Crippen LogP contribution < -0.4 is 5.73 Å². The lowest BCUT2D eigenvalue weighted by Crippen LogP contribution is -2.39. The topological polar surface area (TPSA) is 52.3 Å². The second-order valence-electron chi connectivity index (χ2n) is 3.32. The Kier molecular flexibility index (Phi) is 4.65. The van der Waals surface area contributed by atoms with Crippen molar-refractivity contribution in [3.8, 4) is 0 Å². The Hall–Kier alpha value is -1.00. The van der Waals surface area contributed by atoms with Crippen LogP contribution in [0.25, 0.3) is 0 Å². The SMILES string of the molecule is COC(=O)C(S)[C@@H](N)Cc1ccccc1. The summed E-state index contributed by atoms with van der Waals surface area (Å²) < 4.78 is 4.58. The van der Waals surface area contributed by atoms with Crippen LogP contribution in [-0.2, 0) is 16.0 Å². The molecule has 1 aromatic carbocycles. The Morgan fingerprint density at radius 3 is 2.60 bits per heavy atom. The summed E-state index contributed by atoms with van der Waals surface area (Å²) in [5.74, 6) is -0.387. The Balaban J connectivity index is 2.56. The fourth-order valence-corrected chi connectivity index (χ4v) is 1.50. The zero-order chi connectivity index (χ0) is 11.3. The standard InChI is InChI=1S/C11H15NO2S/c1-14-11(13)10(15)9(12)7-8-5-3-2-4-6-8/h2-6,9-10,15H,7,12H2,1H3/t9-,10?/m0/s1. The third kappa shape index (κ3) is 3.57. The van der Waals surface area contributed by atoms with Crippen molar-refractivity contribution >= 4 is 18.6 Å². The molecule has 0 aliphatic heterocycles. The number of benzene rings is 1. The van der Waals surface area contributed by atoms with Crippen LogP contribution in [-0.4, -0.2) is 24.4 Å². The summed E-state index contributed by atoms with van der Waals surface area (Å²) in [7, 11) is 1.33. The average Bonchev–Trinajstić information content (AvgIpc) is 2.28. The highest BCUT2D eigenvalue weighted by molar-refractivity contribution is 7.81. The third-order valence-corrected chi connectivity index (χ3v) is 2.76. The highest BCUT2D eigenvalue weighted by atomic mass is 32.1. The monoisotopic (exact) mass is 225 g/mol. The van der Waals surface area contributed by atoms with Gasteiger partial charge < -0.3 is 10.5 Å². The van der Waals surface area contributed by atoms with Crippen LogP contribution in [0.4, 0.5) is 0 Å². The second-order valence-corrected chi connectivity index (χ2v) is 3.88. The maximum absolute atomic E-state index is 11.2. The van der Waals surface area contributed by atoms with Crippen LogP contribution in [0, 0.1) is 0 Å². The minimum atomic E-state index is -0.574. The Bertz CT molecular complexity index is 316. The van der Waals surface area contributed by atoms with E-state index >= 15 is 0 Å². The highest BCUT2D eigenvalue weighted by Gasteiger charge is 2.22. The number of methoxy groups -OCH3 is 1. The fourth-order valence-electron chi connectivity index (χ4n) is 1.29. The molecule has 2 N–H and O–H groups in total. The van der Waals surface area contributed by atoms with Crippen molar-refractivity contribution in [1.82, 2.24) is 0 Å². The van der Waals surface area contributed by atoms with Crippen LogP contribution in [0.15, 0.2) is 30.3 Å². The number of hydrogen-bond acceptors (Lipinski definition) is 4. The number of hydrogen-bond donors (Lipinski definition) is 2. The number of carbonyl (C=O) groups excluding carboxylic acids is 1. The lowest BCUT2D eigenvalue weighted by molar-refractivity contribution is -0.140. The van der Waals surface area contributed by atoms with E-state index < -0.39 is 5.25 Å². The average molecular weight is 225 g/mol. The summed E-state index contributed by atoms with van der Waals surface area (Å²) in [5.41, 5.74) is 6.94. The Morgan fingerprint density at radius 2 is 2.07 bits per heavy atom. The molecule has 4 heteroatoms. The first-order valence-corrected chi connectivity index (χ1v) is 5.22. The van der Waals surface area contributed by atoms with Gasteiger partial charge in [0, 0.05) is 6.04 Å². The van der Waals surface area contributed by atoms with Gasteiger partial charge in [0.05, 0.1) is 7.11 Å². The van der Waals surface area contributed by atoms with Crippen molar-refractivity contribution in [2.75, 3.05) is 7.11 Å². The van der Waals surface area contributed by atoms with E-state index in [9.17, 15) is 4.79 Å². The van der Waals surface area contributed by atoms with Gasteiger partial charge in [0.1, 0.15) is 5.25 Å². The van der Waals surface area contributed by atoms with Gasteiger partial charge in [-0.2, -0.15) is 12.6 Å². The molecule has 0 aromatic heterocycles. The van der Waals surface area contributed by atoms with Gasteiger partial charge in [0.25, 0.3) is 0 Å². The quantitative estimate of drug-likeness (QED) is 0.594. The molecule has 2 atom stereocenters. The molecule has 0 aliphatic carbocycles. The van der Waals surface area contributed by atoms with Crippen molar-refractivity contribution in [1.29, 1.82) is 0 Å². The van der Waals surface area contributed by atoms with Gasteiger partial charge in [-0.15, -0.1) is 0 Å². The Morgan fingerprint density at radius 1 is 1.47 bits per heavy atom. The molecule has 0 aliphatic rings. The first-order chi connectivity index (χ1) is 7.15. The summed E-state index contributed by atoms with van der Waals surface area (Å²) in [6, 6.07) is 9.42. The summed E-state index contributed by atoms with van der Waals surface area (Å²) in [6.07, 6.45) is 0.615. The van der Waals surface area contributed by atoms with Gasteiger partial charge in [0.2, 0.25) is 0 Å². The Labute approximate surface area is 95.0 Å². The number of rotatable bonds is 4. The molecule has 1 unspecified atom stereocenters. The molecular weight excluding hydrogens is 210 g/mol. The minimum Gasteiger partial charge on any atom is -0.468 e. The molecule has 0 saturated heterocycles. The van der Waals surface area contributed by atoms with Crippen molar-refractivity contribution in [2.45, 2.75) is 17.7 Å². The highest BCUT2D eigenvalue weighted by Crippen LogP contribution is 2.09. The van der Waals surface area contributed by atoms with E-state index in [-0.39, 0.29) is 12.0 Å². The van der Waals surface area contributed by atoms with Crippen molar-refractivity contribution in [3.05, 3.63) is 35.9 Å². The first kappa shape index (κ1) is 12.1. The number of nitrogens with two attached hydrogens (primary N) is 1. The zero-order valence-corrected chi connectivity index (χ0v) is 9.48. The van der Waals surface area contributed by atoms with E-state index in [2.05, 4.69) is 17.4 Å². The van der Waals surface area contributed by atoms with Crippen LogP contribution >= 0.6 is 12.6 Å². The fraction of sp³-hybridized carbons (Fsp3) is 0.364. The van der Waals surface area contributed by atoms with E-state index in [1.54, 1.807) is 0 Å². The van der Waals surface area contributed by atoms with Crippen molar-refractivity contribution < 1.29 is 9.53 Å². The summed E-state index contributed by atoms with van der Waals surface area (Å²) in [6.45, 7) is 0. The normalized spacial score (nSPS) is 14.3. The van der Waals surface area contributed by atoms with E-state index in [1.165, 1.54) is 7.11 Å². The number of ether oxygens (including phenoxy) is 1. The van der Waals surface area contributed by atoms with Gasteiger partial charge in [-0.1, -0.05) is 30.3 Å². The van der Waals surface area contributed by atoms with Gasteiger partial charge in [0.15, 0.2) is 0 Å². The van der Waals surface area contributed by atoms with Gasteiger partial charge >= 0.3 is 5.97 Å². The predicted molar refractivity (Wildman–Crippen MR) is 62.9 cm³/mol. The van der Waals surface area contributed by atoms with Gasteiger partial charge in [-0.3, -0.25) is 4.79 Å². The third-order valence-electron chi connectivity index (χ3n) is 2.16. The summed E-state index contributed by atoms with van der Waals surface area (Å²) >= 11 is 4.13. The number of thiol groups is 1. The molecule has 0 amide bonds. The molecular formula is C11H15NO2S. The van der Waals surface area contributed by atoms with Gasteiger partial charge in [-0.25, -0.2) is 0 Å². The zero-order valence-electron chi connectivity index (χ0n) is 8.59. The molecule has 0 fully saturated rings. The molecule has 3 nitrogen and oxygen atoms in total. The summed E-state index contributed by atoms with van der Waals surface area (Å²) in [5, 5.41) is -0.574. The first-order valence-electron chi connectivity index (χ1n) is 4.70. The molecule has 0 bridgehead atoms. The molecule has 0 spiro atoms. The van der Waals surface area contributed by atoms with Crippen molar-refractivity contribution in [3.63, 3.8) is 0 Å². The van der Waals surface area contributed by atoms with Crippen molar-refractivity contribution in [2.24, 2.45) is 5.73 Å². The van der Waals surface area contributed by atoms with E-state index in [0.29, 0.717) is 6.42 Å².